The van der Waals surface area contributed by atoms with Crippen molar-refractivity contribution in [2.24, 2.45) is 0 Å². The van der Waals surface area contributed by atoms with Crippen LogP contribution >= 0.6 is 0 Å². The normalized spacial score (nSPS) is 12.5. The Morgan fingerprint density at radius 2 is 1.65 bits per heavy atom. The van der Waals surface area contributed by atoms with Gasteiger partial charge in [0.05, 0.1) is 19.3 Å². The van der Waals surface area contributed by atoms with Gasteiger partial charge in [-0.25, -0.2) is 4.79 Å². The first-order valence-corrected chi connectivity index (χ1v) is 8.92. The van der Waals surface area contributed by atoms with E-state index in [-0.39, 0.29) is 6.04 Å². The topological polar surface area (TPSA) is 47.6 Å². The maximum absolute atomic E-state index is 12.2. The molecular formula is C22H29NO3. The third kappa shape index (κ3) is 6.89. The Hall–Kier alpha value is -2.33. The Bertz CT molecular complexity index is 700. The molecule has 1 atom stereocenters. The van der Waals surface area contributed by atoms with Gasteiger partial charge in [0.15, 0.2) is 0 Å². The molecule has 2 rings (SSSR count). The van der Waals surface area contributed by atoms with Crippen LogP contribution in [0.4, 0.5) is 4.79 Å². The summed E-state index contributed by atoms with van der Waals surface area (Å²) in [7, 11) is 0. The number of hydrogen-bond acceptors (Lipinski definition) is 3. The molecule has 0 fully saturated rings. The minimum Gasteiger partial charge on any atom is -0.444 e. The Kier molecular flexibility index (Phi) is 6.81. The summed E-state index contributed by atoms with van der Waals surface area (Å²) in [5.74, 6) is 0. The Morgan fingerprint density at radius 3 is 2.23 bits per heavy atom. The third-order valence-corrected chi connectivity index (χ3v) is 3.73. The van der Waals surface area contributed by atoms with Gasteiger partial charge in [-0.1, -0.05) is 59.7 Å². The van der Waals surface area contributed by atoms with Crippen molar-refractivity contribution in [2.75, 3.05) is 6.61 Å². The SMILES string of the molecule is Cc1cc(C)cc(COC[C@@H](NC(=O)OC(C)(C)C)c2ccccc2)c1. The number of benzene rings is 2. The summed E-state index contributed by atoms with van der Waals surface area (Å²) in [5.41, 5.74) is 4.01. The molecule has 2 aromatic carbocycles. The van der Waals surface area contributed by atoms with Gasteiger partial charge in [-0.2, -0.15) is 0 Å². The summed E-state index contributed by atoms with van der Waals surface area (Å²) in [6.07, 6.45) is -0.443. The number of alkyl carbamates (subject to hydrolysis) is 1. The van der Waals surface area contributed by atoms with Gasteiger partial charge in [0, 0.05) is 0 Å². The first-order valence-electron chi connectivity index (χ1n) is 8.92. The zero-order valence-electron chi connectivity index (χ0n) is 16.3. The predicted octanol–water partition coefficient (Wildman–Crippen LogP) is 5.09. The van der Waals surface area contributed by atoms with Gasteiger partial charge in [-0.15, -0.1) is 0 Å². The molecular weight excluding hydrogens is 326 g/mol. The molecule has 0 spiro atoms. The van der Waals surface area contributed by atoms with Crippen molar-refractivity contribution >= 4 is 6.09 Å². The zero-order valence-corrected chi connectivity index (χ0v) is 16.3. The summed E-state index contributed by atoms with van der Waals surface area (Å²) in [6.45, 7) is 10.6. The van der Waals surface area contributed by atoms with Crippen LogP contribution in [0, 0.1) is 13.8 Å². The number of nitrogens with one attached hydrogen (secondary N) is 1. The van der Waals surface area contributed by atoms with Crippen LogP contribution in [-0.2, 0) is 16.1 Å². The highest BCUT2D eigenvalue weighted by molar-refractivity contribution is 5.68. The van der Waals surface area contributed by atoms with E-state index in [0.29, 0.717) is 13.2 Å². The van der Waals surface area contributed by atoms with Gasteiger partial charge >= 0.3 is 6.09 Å². The van der Waals surface area contributed by atoms with Gasteiger partial charge in [0.1, 0.15) is 5.60 Å². The van der Waals surface area contributed by atoms with Gasteiger partial charge in [0.2, 0.25) is 0 Å². The summed E-state index contributed by atoms with van der Waals surface area (Å²) in [4.78, 5) is 12.2. The first kappa shape index (κ1) is 20.0. The van der Waals surface area contributed by atoms with E-state index in [1.54, 1.807) is 0 Å². The lowest BCUT2D eigenvalue weighted by molar-refractivity contribution is 0.0427. The van der Waals surface area contributed by atoms with E-state index in [9.17, 15) is 4.79 Å². The zero-order chi connectivity index (χ0) is 19.2. The Labute approximate surface area is 156 Å². The van der Waals surface area contributed by atoms with Crippen molar-refractivity contribution in [2.45, 2.75) is 52.9 Å². The molecule has 4 nitrogen and oxygen atoms in total. The number of carbonyl (C=O) groups excluding carboxylic acids is 1. The van der Waals surface area contributed by atoms with Crippen LogP contribution in [0.25, 0.3) is 0 Å². The van der Waals surface area contributed by atoms with Crippen LogP contribution in [0.1, 0.15) is 49.1 Å². The average Bonchev–Trinajstić information content (AvgIpc) is 2.52. The summed E-state index contributed by atoms with van der Waals surface area (Å²) >= 11 is 0. The van der Waals surface area contributed by atoms with Crippen molar-refractivity contribution in [1.82, 2.24) is 5.32 Å². The molecule has 0 aromatic heterocycles. The van der Waals surface area contributed by atoms with Crippen molar-refractivity contribution in [3.63, 3.8) is 0 Å². The maximum atomic E-state index is 12.2. The van der Waals surface area contributed by atoms with E-state index < -0.39 is 11.7 Å². The molecule has 26 heavy (non-hydrogen) atoms. The fourth-order valence-electron chi connectivity index (χ4n) is 2.80. The summed E-state index contributed by atoms with van der Waals surface area (Å²) in [6, 6.07) is 15.9. The van der Waals surface area contributed by atoms with Crippen LogP contribution in [0.5, 0.6) is 0 Å². The molecule has 0 bridgehead atoms. The number of amides is 1. The van der Waals surface area contributed by atoms with E-state index in [1.807, 2.05) is 51.1 Å². The predicted molar refractivity (Wildman–Crippen MR) is 104 cm³/mol. The van der Waals surface area contributed by atoms with Crippen LogP contribution in [0.2, 0.25) is 0 Å². The number of ether oxygens (including phenoxy) is 2. The molecule has 0 aliphatic heterocycles. The highest BCUT2D eigenvalue weighted by atomic mass is 16.6. The monoisotopic (exact) mass is 355 g/mol. The second-order valence-corrected chi connectivity index (χ2v) is 7.62. The molecule has 2 aromatic rings. The van der Waals surface area contributed by atoms with Crippen molar-refractivity contribution < 1.29 is 14.3 Å². The second-order valence-electron chi connectivity index (χ2n) is 7.62. The molecule has 0 unspecified atom stereocenters. The van der Waals surface area contributed by atoms with E-state index in [1.165, 1.54) is 11.1 Å². The lowest BCUT2D eigenvalue weighted by Gasteiger charge is -2.24. The Morgan fingerprint density at radius 1 is 1.04 bits per heavy atom. The van der Waals surface area contributed by atoms with Crippen LogP contribution in [-0.4, -0.2) is 18.3 Å². The average molecular weight is 355 g/mol. The fourth-order valence-corrected chi connectivity index (χ4v) is 2.80. The minimum absolute atomic E-state index is 0.267. The molecule has 1 amide bonds. The smallest absolute Gasteiger partial charge is 0.408 e. The van der Waals surface area contributed by atoms with Crippen molar-refractivity contribution in [3.8, 4) is 0 Å². The van der Waals surface area contributed by atoms with Crippen molar-refractivity contribution in [1.29, 1.82) is 0 Å². The van der Waals surface area contributed by atoms with Gasteiger partial charge in [-0.3, -0.25) is 0 Å². The molecule has 140 valence electrons. The number of rotatable bonds is 6. The Balaban J connectivity index is 2.01. The van der Waals surface area contributed by atoms with Gasteiger partial charge in [-0.05, 0) is 45.7 Å². The summed E-state index contributed by atoms with van der Waals surface area (Å²) < 4.78 is 11.3. The van der Waals surface area contributed by atoms with Crippen LogP contribution < -0.4 is 5.32 Å². The molecule has 0 aliphatic carbocycles. The largest absolute Gasteiger partial charge is 0.444 e. The van der Waals surface area contributed by atoms with E-state index >= 15 is 0 Å². The highest BCUT2D eigenvalue weighted by Crippen LogP contribution is 2.17. The standard InChI is InChI=1S/C22H29NO3/c1-16-11-17(2)13-18(12-16)14-25-15-20(19-9-7-6-8-10-19)23-21(24)26-22(3,4)5/h6-13,20H,14-15H2,1-5H3,(H,23,24)/t20-/m1/s1. The van der Waals surface area contributed by atoms with Crippen LogP contribution in [0.3, 0.4) is 0 Å². The maximum Gasteiger partial charge on any atom is 0.408 e. The van der Waals surface area contributed by atoms with E-state index in [0.717, 1.165) is 11.1 Å². The molecule has 4 heteroatoms. The third-order valence-electron chi connectivity index (χ3n) is 3.73. The molecule has 1 N–H and O–H groups in total. The molecule has 0 radical (unpaired) electrons. The van der Waals surface area contributed by atoms with Gasteiger partial charge in [0.25, 0.3) is 0 Å². The van der Waals surface area contributed by atoms with Crippen LogP contribution in [0.15, 0.2) is 48.5 Å². The molecule has 0 aliphatic rings. The highest BCUT2D eigenvalue weighted by Gasteiger charge is 2.20. The molecule has 0 saturated heterocycles. The lowest BCUT2D eigenvalue weighted by Crippen LogP contribution is -2.36. The number of aryl methyl sites for hydroxylation is 2. The quantitative estimate of drug-likeness (QED) is 0.785. The van der Waals surface area contributed by atoms with E-state index in [4.69, 9.17) is 9.47 Å². The van der Waals surface area contributed by atoms with Crippen molar-refractivity contribution in [3.05, 3.63) is 70.8 Å². The number of carbonyl (C=O) groups is 1. The van der Waals surface area contributed by atoms with Gasteiger partial charge < -0.3 is 14.8 Å². The molecule has 0 saturated carbocycles. The lowest BCUT2D eigenvalue weighted by atomic mass is 10.1. The first-order chi connectivity index (χ1) is 12.2. The summed E-state index contributed by atoms with van der Waals surface area (Å²) in [5, 5.41) is 2.91. The molecule has 0 heterocycles. The fraction of sp³-hybridized carbons (Fsp3) is 0.409. The van der Waals surface area contributed by atoms with E-state index in [2.05, 4.69) is 37.4 Å². The second kappa shape index (κ2) is 8.86. The number of hydrogen-bond donors (Lipinski definition) is 1. The minimum atomic E-state index is -0.536.